The highest BCUT2D eigenvalue weighted by atomic mass is 16.3. The number of aliphatic imine (C=N–C) groups is 1. The van der Waals surface area contributed by atoms with Crippen molar-refractivity contribution in [2.75, 3.05) is 0 Å². The Balaban J connectivity index is 0.953. The SMILES string of the molecule is CC1C(c2ccccc2)=CC(c2ccccc2)=NC(c2cccc(-c3ccc4c5ccccc5c5ccc(-c6ccc7c(c6)c6cccc8oc9cccc7c9c86)cc5c4c3)c2)C1C. The molecule has 0 spiro atoms. The number of fused-ring (bicyclic) bond motifs is 9. The zero-order valence-electron chi connectivity index (χ0n) is 35.7. The highest BCUT2D eigenvalue weighted by molar-refractivity contribution is 6.33. The Hall–Kier alpha value is -7.81. The standard InChI is InChI=1S/C62H43NO/c1-37-38(2)62(63-57(40-16-7-4-8-17-40)36-53(37)39-14-5-3-6-15-39)45-19-11-18-41(32-45)42-26-29-48-46-20-9-10-21-47(46)49-30-27-44(35-56(49)55(48)34-42)43-28-31-50-51-22-12-24-58-60(51)61-52(54(50)33-43)23-13-25-59(61)64-58/h3-38,62H,1-2H3. The molecule has 1 aliphatic rings. The number of furan rings is 1. The van der Waals surface area contributed by atoms with Gasteiger partial charge in [-0.15, -0.1) is 0 Å². The minimum atomic E-state index is -0.0213. The third-order valence-electron chi connectivity index (χ3n) is 14.4. The third kappa shape index (κ3) is 5.69. The molecule has 11 aromatic carbocycles. The Labute approximate surface area is 371 Å². The van der Waals surface area contributed by atoms with Crippen LogP contribution in [0.25, 0.3) is 104 Å². The van der Waals surface area contributed by atoms with Crippen LogP contribution in [-0.2, 0) is 0 Å². The van der Waals surface area contributed by atoms with Crippen LogP contribution >= 0.6 is 0 Å². The smallest absolute Gasteiger partial charge is 0.136 e. The molecule has 3 unspecified atom stereocenters. The van der Waals surface area contributed by atoms with E-state index in [1.807, 2.05) is 0 Å². The van der Waals surface area contributed by atoms with Crippen LogP contribution in [-0.4, -0.2) is 5.71 Å². The second kappa shape index (κ2) is 14.4. The molecule has 1 aliphatic heterocycles. The summed E-state index contributed by atoms with van der Waals surface area (Å²) in [5.74, 6) is 0.553. The first-order valence-corrected chi connectivity index (χ1v) is 22.5. The zero-order valence-corrected chi connectivity index (χ0v) is 35.7. The van der Waals surface area contributed by atoms with E-state index >= 15 is 0 Å². The normalized spacial score (nSPS) is 16.9. The van der Waals surface area contributed by atoms with Gasteiger partial charge in [-0.3, -0.25) is 4.99 Å². The van der Waals surface area contributed by atoms with Gasteiger partial charge in [-0.2, -0.15) is 0 Å². The Bertz CT molecular complexity index is 3870. The second-order valence-electron chi connectivity index (χ2n) is 17.9. The molecule has 302 valence electrons. The summed E-state index contributed by atoms with van der Waals surface area (Å²) in [7, 11) is 0. The molecule has 2 heteroatoms. The zero-order chi connectivity index (χ0) is 42.5. The van der Waals surface area contributed by atoms with Gasteiger partial charge in [0.2, 0.25) is 0 Å². The summed E-state index contributed by atoms with van der Waals surface area (Å²) in [6, 6.07) is 73.5. The Morgan fingerprint density at radius 3 is 1.39 bits per heavy atom. The van der Waals surface area contributed by atoms with E-state index < -0.39 is 0 Å². The molecule has 13 rings (SSSR count). The summed E-state index contributed by atoms with van der Waals surface area (Å²) in [6.45, 7) is 4.75. The van der Waals surface area contributed by atoms with Crippen LogP contribution in [0.3, 0.4) is 0 Å². The van der Waals surface area contributed by atoms with Gasteiger partial charge in [0.25, 0.3) is 0 Å². The topological polar surface area (TPSA) is 25.5 Å². The largest absolute Gasteiger partial charge is 0.456 e. The van der Waals surface area contributed by atoms with E-state index in [1.54, 1.807) is 0 Å². The molecule has 2 heterocycles. The fourth-order valence-electron chi connectivity index (χ4n) is 11.0. The highest BCUT2D eigenvalue weighted by Crippen LogP contribution is 2.46. The van der Waals surface area contributed by atoms with Gasteiger partial charge in [-0.25, -0.2) is 0 Å². The third-order valence-corrected chi connectivity index (χ3v) is 14.4. The summed E-state index contributed by atoms with van der Waals surface area (Å²) in [5, 5.41) is 15.0. The molecule has 2 nitrogen and oxygen atoms in total. The van der Waals surface area contributed by atoms with Crippen LogP contribution in [0.5, 0.6) is 0 Å². The molecular formula is C62H43NO. The first-order valence-electron chi connectivity index (χ1n) is 22.5. The number of nitrogens with zero attached hydrogens (tertiary/aromatic N) is 1. The van der Waals surface area contributed by atoms with E-state index in [1.165, 1.54) is 104 Å². The second-order valence-corrected chi connectivity index (χ2v) is 17.9. The van der Waals surface area contributed by atoms with Crippen molar-refractivity contribution in [3.8, 4) is 22.3 Å². The summed E-state index contributed by atoms with van der Waals surface area (Å²) >= 11 is 0. The number of hydrogen-bond acceptors (Lipinski definition) is 2. The summed E-state index contributed by atoms with van der Waals surface area (Å²) in [5.41, 5.74) is 12.7. The number of benzene rings is 11. The first-order chi connectivity index (χ1) is 31.6. The lowest BCUT2D eigenvalue weighted by molar-refractivity contribution is 0.396. The Kier molecular flexibility index (Phi) is 8.27. The lowest BCUT2D eigenvalue weighted by Crippen LogP contribution is -2.16. The van der Waals surface area contributed by atoms with Crippen molar-refractivity contribution in [2.45, 2.75) is 19.9 Å². The summed E-state index contributed by atoms with van der Waals surface area (Å²) in [4.78, 5) is 5.61. The average molecular weight is 818 g/mol. The fraction of sp³-hybridized carbons (Fsp3) is 0.0806. The fourth-order valence-corrected chi connectivity index (χ4v) is 11.0. The maximum absolute atomic E-state index is 6.35. The van der Waals surface area contributed by atoms with E-state index in [0.29, 0.717) is 0 Å². The lowest BCUT2D eigenvalue weighted by atomic mass is 9.79. The van der Waals surface area contributed by atoms with Crippen molar-refractivity contribution in [3.05, 3.63) is 223 Å². The molecule has 0 saturated carbocycles. The van der Waals surface area contributed by atoms with E-state index in [0.717, 1.165) is 22.4 Å². The van der Waals surface area contributed by atoms with Crippen molar-refractivity contribution in [2.24, 2.45) is 16.8 Å². The van der Waals surface area contributed by atoms with Gasteiger partial charge in [0.05, 0.1) is 11.8 Å². The quantitative estimate of drug-likeness (QED) is 0.159. The van der Waals surface area contributed by atoms with Gasteiger partial charge in [0, 0.05) is 10.8 Å². The van der Waals surface area contributed by atoms with E-state index in [2.05, 4.69) is 220 Å². The maximum atomic E-state index is 6.35. The van der Waals surface area contributed by atoms with Crippen molar-refractivity contribution < 1.29 is 4.42 Å². The number of rotatable bonds is 5. The molecule has 0 radical (unpaired) electrons. The minimum absolute atomic E-state index is 0.0213. The van der Waals surface area contributed by atoms with Crippen LogP contribution in [0.1, 0.15) is 36.6 Å². The van der Waals surface area contributed by atoms with Crippen molar-refractivity contribution in [1.82, 2.24) is 0 Å². The molecule has 0 saturated heterocycles. The van der Waals surface area contributed by atoms with E-state index in [-0.39, 0.29) is 17.9 Å². The van der Waals surface area contributed by atoms with Gasteiger partial charge >= 0.3 is 0 Å². The molecule has 0 aliphatic carbocycles. The highest BCUT2D eigenvalue weighted by Gasteiger charge is 2.31. The molecule has 1 aromatic heterocycles. The van der Waals surface area contributed by atoms with Crippen LogP contribution in [0.15, 0.2) is 216 Å². The van der Waals surface area contributed by atoms with E-state index in [4.69, 9.17) is 9.41 Å². The molecule has 64 heavy (non-hydrogen) atoms. The van der Waals surface area contributed by atoms with Crippen molar-refractivity contribution in [1.29, 1.82) is 0 Å². The molecule has 12 aromatic rings. The molecule has 0 amide bonds. The molecule has 0 fully saturated rings. The monoisotopic (exact) mass is 817 g/mol. The van der Waals surface area contributed by atoms with Crippen molar-refractivity contribution >= 4 is 87.1 Å². The predicted molar refractivity (Wildman–Crippen MR) is 272 cm³/mol. The van der Waals surface area contributed by atoms with Gasteiger partial charge in [0.15, 0.2) is 0 Å². The van der Waals surface area contributed by atoms with Gasteiger partial charge in [-0.05, 0) is 153 Å². The van der Waals surface area contributed by atoms with Gasteiger partial charge in [0.1, 0.15) is 11.2 Å². The molecule has 0 N–H and O–H groups in total. The molecule has 3 atom stereocenters. The predicted octanol–water partition coefficient (Wildman–Crippen LogP) is 17.0. The number of hydrogen-bond donors (Lipinski definition) is 0. The average Bonchev–Trinajstić information content (AvgIpc) is 3.70. The molecular weight excluding hydrogens is 775 g/mol. The maximum Gasteiger partial charge on any atom is 0.136 e. The summed E-state index contributed by atoms with van der Waals surface area (Å²) in [6.07, 6.45) is 2.34. The van der Waals surface area contributed by atoms with Crippen LogP contribution < -0.4 is 0 Å². The van der Waals surface area contributed by atoms with E-state index in [9.17, 15) is 0 Å². The van der Waals surface area contributed by atoms with Crippen molar-refractivity contribution in [3.63, 3.8) is 0 Å². The van der Waals surface area contributed by atoms with Crippen LogP contribution in [0, 0.1) is 11.8 Å². The first kappa shape index (κ1) is 36.8. The number of allylic oxidation sites excluding steroid dienone is 2. The Morgan fingerprint density at radius 2 is 0.797 bits per heavy atom. The Morgan fingerprint density at radius 1 is 0.359 bits per heavy atom. The lowest BCUT2D eigenvalue weighted by Gasteiger charge is -2.27. The van der Waals surface area contributed by atoms with Gasteiger partial charge < -0.3 is 4.42 Å². The minimum Gasteiger partial charge on any atom is -0.456 e. The van der Waals surface area contributed by atoms with Crippen LogP contribution in [0.2, 0.25) is 0 Å². The van der Waals surface area contributed by atoms with Gasteiger partial charge in [-0.1, -0.05) is 178 Å². The van der Waals surface area contributed by atoms with Crippen LogP contribution in [0.4, 0.5) is 0 Å². The molecule has 0 bridgehead atoms. The summed E-state index contributed by atoms with van der Waals surface area (Å²) < 4.78 is 6.35.